The molecule has 114 valence electrons. The first-order chi connectivity index (χ1) is 9.60. The largest absolute Gasteiger partial charge is 0.301 e. The fourth-order valence-corrected chi connectivity index (χ4v) is 3.66. The lowest BCUT2D eigenvalue weighted by Gasteiger charge is -2.39. The van der Waals surface area contributed by atoms with Crippen molar-refractivity contribution in [3.63, 3.8) is 0 Å². The quantitative estimate of drug-likeness (QED) is 0.822. The topological polar surface area (TPSA) is 24.3 Å². The van der Waals surface area contributed by atoms with Crippen molar-refractivity contribution in [1.29, 1.82) is 0 Å². The molecule has 1 saturated heterocycles. The Balaban J connectivity index is 2.11. The fraction of sp³-hybridized carbons (Fsp3) is 0.800. The minimum Gasteiger partial charge on any atom is -0.301 e. The molecule has 0 saturated carbocycles. The van der Waals surface area contributed by atoms with Gasteiger partial charge in [0, 0.05) is 38.8 Å². The van der Waals surface area contributed by atoms with Crippen LogP contribution < -0.4 is 0 Å². The van der Waals surface area contributed by atoms with E-state index < -0.39 is 0 Å². The van der Waals surface area contributed by atoms with Crippen molar-refractivity contribution >= 4 is 15.9 Å². The molecule has 20 heavy (non-hydrogen) atoms. The number of nitrogens with zero attached hydrogens (tertiary/aromatic N) is 4. The standard InChI is InChI=1S/C15H27BrN4/c1-5-12-10-19(9-8-18(12)4)11-14-15(16)13(6-2)17-20(14)7-3/h12H,5-11H2,1-4H3. The summed E-state index contributed by atoms with van der Waals surface area (Å²) in [6.45, 7) is 12.0. The predicted octanol–water partition coefficient (Wildman–Crippen LogP) is 2.75. The van der Waals surface area contributed by atoms with Crippen molar-refractivity contribution < 1.29 is 0 Å². The van der Waals surface area contributed by atoms with Gasteiger partial charge in [-0.05, 0) is 42.7 Å². The van der Waals surface area contributed by atoms with E-state index in [1.807, 2.05) is 0 Å². The molecule has 5 heteroatoms. The van der Waals surface area contributed by atoms with Crippen LogP contribution in [0.3, 0.4) is 0 Å². The number of piperazine rings is 1. The summed E-state index contributed by atoms with van der Waals surface area (Å²) >= 11 is 3.75. The molecule has 0 bridgehead atoms. The van der Waals surface area contributed by atoms with E-state index in [2.05, 4.69) is 58.2 Å². The zero-order valence-corrected chi connectivity index (χ0v) is 14.8. The molecular formula is C15H27BrN4. The van der Waals surface area contributed by atoms with Gasteiger partial charge in [0.25, 0.3) is 0 Å². The Hall–Kier alpha value is -0.390. The van der Waals surface area contributed by atoms with Crippen LogP contribution in [-0.4, -0.2) is 52.3 Å². The smallest absolute Gasteiger partial charge is 0.0767 e. The maximum absolute atomic E-state index is 4.70. The number of rotatable bonds is 5. The van der Waals surface area contributed by atoms with E-state index in [9.17, 15) is 0 Å². The summed E-state index contributed by atoms with van der Waals surface area (Å²) in [6, 6.07) is 0.686. The third-order valence-corrected chi connectivity index (χ3v) is 5.32. The average Bonchev–Trinajstić information content (AvgIpc) is 2.77. The van der Waals surface area contributed by atoms with E-state index in [1.54, 1.807) is 0 Å². The Labute approximate surface area is 131 Å². The highest BCUT2D eigenvalue weighted by Gasteiger charge is 2.25. The van der Waals surface area contributed by atoms with Gasteiger partial charge in [0.2, 0.25) is 0 Å². The summed E-state index contributed by atoms with van der Waals surface area (Å²) in [6.07, 6.45) is 2.21. The molecule has 1 fully saturated rings. The van der Waals surface area contributed by atoms with E-state index in [4.69, 9.17) is 5.10 Å². The van der Waals surface area contributed by atoms with Gasteiger partial charge in [-0.25, -0.2) is 0 Å². The van der Waals surface area contributed by atoms with Gasteiger partial charge in [-0.15, -0.1) is 0 Å². The minimum atomic E-state index is 0.686. The number of halogens is 1. The number of hydrogen-bond donors (Lipinski definition) is 0. The normalized spacial score (nSPS) is 21.6. The molecule has 1 aliphatic heterocycles. The van der Waals surface area contributed by atoms with Crippen LogP contribution in [0, 0.1) is 0 Å². The first-order valence-electron chi connectivity index (χ1n) is 7.77. The monoisotopic (exact) mass is 342 g/mol. The Morgan fingerprint density at radius 3 is 2.60 bits per heavy atom. The summed E-state index contributed by atoms with van der Waals surface area (Å²) in [4.78, 5) is 5.06. The van der Waals surface area contributed by atoms with Crippen LogP contribution in [0.25, 0.3) is 0 Å². The van der Waals surface area contributed by atoms with Gasteiger partial charge in [-0.1, -0.05) is 13.8 Å². The Morgan fingerprint density at radius 2 is 2.00 bits per heavy atom. The van der Waals surface area contributed by atoms with Crippen LogP contribution in [0.1, 0.15) is 38.6 Å². The van der Waals surface area contributed by atoms with Crippen molar-refractivity contribution in [1.82, 2.24) is 19.6 Å². The molecule has 0 radical (unpaired) electrons. The van der Waals surface area contributed by atoms with Gasteiger partial charge in [0.15, 0.2) is 0 Å². The molecule has 1 aromatic rings. The second kappa shape index (κ2) is 7.05. The van der Waals surface area contributed by atoms with Crippen molar-refractivity contribution in [2.75, 3.05) is 26.7 Å². The highest BCUT2D eigenvalue weighted by Crippen LogP contribution is 2.24. The molecule has 0 aliphatic carbocycles. The van der Waals surface area contributed by atoms with Gasteiger partial charge in [0.05, 0.1) is 15.9 Å². The van der Waals surface area contributed by atoms with E-state index in [0.717, 1.165) is 39.1 Å². The van der Waals surface area contributed by atoms with Crippen LogP contribution in [0.2, 0.25) is 0 Å². The highest BCUT2D eigenvalue weighted by molar-refractivity contribution is 9.10. The first kappa shape index (κ1) is 16.0. The summed E-state index contributed by atoms with van der Waals surface area (Å²) < 4.78 is 3.37. The third kappa shape index (κ3) is 3.26. The van der Waals surface area contributed by atoms with Crippen LogP contribution in [0.5, 0.6) is 0 Å². The Morgan fingerprint density at radius 1 is 1.25 bits per heavy atom. The second-order valence-electron chi connectivity index (χ2n) is 5.65. The lowest BCUT2D eigenvalue weighted by atomic mass is 10.1. The molecule has 1 unspecified atom stereocenters. The molecule has 0 amide bonds. The van der Waals surface area contributed by atoms with Crippen LogP contribution in [-0.2, 0) is 19.5 Å². The summed E-state index contributed by atoms with van der Waals surface area (Å²) in [5.41, 5.74) is 2.52. The number of hydrogen-bond acceptors (Lipinski definition) is 3. The van der Waals surface area contributed by atoms with E-state index in [-0.39, 0.29) is 0 Å². The maximum Gasteiger partial charge on any atom is 0.0767 e. The minimum absolute atomic E-state index is 0.686. The highest BCUT2D eigenvalue weighted by atomic mass is 79.9. The van der Waals surface area contributed by atoms with Crippen LogP contribution in [0.4, 0.5) is 0 Å². The van der Waals surface area contributed by atoms with E-state index in [1.165, 1.54) is 22.3 Å². The predicted molar refractivity (Wildman–Crippen MR) is 87.0 cm³/mol. The van der Waals surface area contributed by atoms with Crippen LogP contribution in [0.15, 0.2) is 4.47 Å². The molecule has 2 rings (SSSR count). The molecule has 0 aromatic carbocycles. The number of aryl methyl sites for hydroxylation is 2. The van der Waals surface area contributed by atoms with Gasteiger partial charge in [0.1, 0.15) is 0 Å². The van der Waals surface area contributed by atoms with Crippen LogP contribution >= 0.6 is 15.9 Å². The molecule has 0 spiro atoms. The van der Waals surface area contributed by atoms with Gasteiger partial charge >= 0.3 is 0 Å². The maximum atomic E-state index is 4.70. The average molecular weight is 343 g/mol. The molecule has 4 nitrogen and oxygen atoms in total. The number of aromatic nitrogens is 2. The Kier molecular flexibility index (Phi) is 5.64. The lowest BCUT2D eigenvalue weighted by Crippen LogP contribution is -2.50. The molecule has 0 N–H and O–H groups in total. The zero-order valence-electron chi connectivity index (χ0n) is 13.2. The molecular weight excluding hydrogens is 316 g/mol. The number of likely N-dealkylation sites (N-methyl/N-ethyl adjacent to an activating group) is 1. The van der Waals surface area contributed by atoms with Gasteiger partial charge in [-0.3, -0.25) is 9.58 Å². The molecule has 2 heterocycles. The molecule has 1 atom stereocenters. The second-order valence-corrected chi connectivity index (χ2v) is 6.45. The first-order valence-corrected chi connectivity index (χ1v) is 8.56. The molecule has 1 aromatic heterocycles. The SMILES string of the molecule is CCc1nn(CC)c(CN2CCN(C)C(CC)C2)c1Br. The summed E-state index contributed by atoms with van der Waals surface area (Å²) in [5.74, 6) is 0. The van der Waals surface area contributed by atoms with Crippen molar-refractivity contribution in [3.05, 3.63) is 15.9 Å². The third-order valence-electron chi connectivity index (χ3n) is 4.40. The van der Waals surface area contributed by atoms with Crippen molar-refractivity contribution in [2.24, 2.45) is 0 Å². The Bertz CT molecular complexity index is 443. The summed E-state index contributed by atoms with van der Waals surface area (Å²) in [5, 5.41) is 4.70. The van der Waals surface area contributed by atoms with E-state index in [0.29, 0.717) is 6.04 Å². The molecule has 1 aliphatic rings. The van der Waals surface area contributed by atoms with Gasteiger partial charge < -0.3 is 4.90 Å². The summed E-state index contributed by atoms with van der Waals surface area (Å²) in [7, 11) is 2.24. The van der Waals surface area contributed by atoms with E-state index >= 15 is 0 Å². The fourth-order valence-electron chi connectivity index (χ4n) is 2.97. The lowest BCUT2D eigenvalue weighted by molar-refractivity contribution is 0.0863. The van der Waals surface area contributed by atoms with Crippen molar-refractivity contribution in [2.45, 2.75) is 52.7 Å². The zero-order chi connectivity index (χ0) is 14.7. The van der Waals surface area contributed by atoms with Crippen molar-refractivity contribution in [3.8, 4) is 0 Å². The van der Waals surface area contributed by atoms with Gasteiger partial charge in [-0.2, -0.15) is 5.10 Å².